The van der Waals surface area contributed by atoms with Crippen LogP contribution in [0.4, 0.5) is 4.79 Å². The first-order chi connectivity index (χ1) is 19.6. The number of esters is 1. The maximum Gasteiger partial charge on any atom is 0.407 e. The summed E-state index contributed by atoms with van der Waals surface area (Å²) >= 11 is 0. The maximum absolute atomic E-state index is 11.9. The van der Waals surface area contributed by atoms with Crippen molar-refractivity contribution in [1.82, 2.24) is 10.2 Å². The van der Waals surface area contributed by atoms with Crippen molar-refractivity contribution in [3.63, 3.8) is 0 Å². The van der Waals surface area contributed by atoms with Gasteiger partial charge in [-0.1, -0.05) is 76.9 Å². The highest BCUT2D eigenvalue weighted by molar-refractivity contribution is 5.69. The summed E-state index contributed by atoms with van der Waals surface area (Å²) in [7, 11) is 0. The minimum Gasteiger partial charge on any atom is -0.481 e. The van der Waals surface area contributed by atoms with E-state index >= 15 is 0 Å². The van der Waals surface area contributed by atoms with Crippen LogP contribution in [0.15, 0.2) is 12.2 Å². The zero-order valence-corrected chi connectivity index (χ0v) is 26.9. The lowest BCUT2D eigenvalue weighted by Crippen LogP contribution is -2.35. The minimum atomic E-state index is -0.715. The van der Waals surface area contributed by atoms with Crippen LogP contribution < -0.4 is 5.32 Å². The van der Waals surface area contributed by atoms with Crippen molar-refractivity contribution >= 4 is 18.0 Å². The lowest BCUT2D eigenvalue weighted by Gasteiger charge is -2.23. The number of alkyl carbamates (subject to hydrolysis) is 1. The molecule has 0 rings (SSSR count). The van der Waals surface area contributed by atoms with Crippen LogP contribution in [0.2, 0.25) is 0 Å². The number of nitrogens with one attached hydrogen (secondary N) is 1. The molecular weight excluding hydrogens is 520 g/mol. The molecule has 8 nitrogen and oxygen atoms in total. The van der Waals surface area contributed by atoms with Gasteiger partial charge in [0.1, 0.15) is 12.2 Å². The molecular formula is C33H62N2O6. The molecule has 0 aromatic rings. The molecule has 0 bridgehead atoms. The molecule has 240 valence electrons. The Morgan fingerprint density at radius 2 is 1.29 bits per heavy atom. The van der Waals surface area contributed by atoms with Gasteiger partial charge in [-0.3, -0.25) is 9.59 Å². The topological polar surface area (TPSA) is 105 Å². The lowest BCUT2D eigenvalue weighted by molar-refractivity contribution is -0.142. The number of ether oxygens (including phenoxy) is 2. The molecule has 0 aliphatic rings. The monoisotopic (exact) mass is 582 g/mol. The van der Waals surface area contributed by atoms with Gasteiger partial charge >= 0.3 is 18.0 Å². The zero-order valence-electron chi connectivity index (χ0n) is 26.9. The summed E-state index contributed by atoms with van der Waals surface area (Å²) in [6, 6.07) is 0. The van der Waals surface area contributed by atoms with Gasteiger partial charge in [0.2, 0.25) is 0 Å². The summed E-state index contributed by atoms with van der Waals surface area (Å²) in [6.45, 7) is 11.7. The molecule has 0 spiro atoms. The first-order valence-corrected chi connectivity index (χ1v) is 16.4. The Morgan fingerprint density at radius 1 is 0.732 bits per heavy atom. The summed E-state index contributed by atoms with van der Waals surface area (Å²) in [5.74, 6) is -0.818. The molecule has 0 aliphatic carbocycles. The van der Waals surface area contributed by atoms with Crippen molar-refractivity contribution in [2.24, 2.45) is 0 Å². The van der Waals surface area contributed by atoms with Crippen molar-refractivity contribution < 1.29 is 29.0 Å². The Kier molecular flexibility index (Phi) is 25.4. The van der Waals surface area contributed by atoms with Crippen molar-refractivity contribution in [2.45, 2.75) is 149 Å². The van der Waals surface area contributed by atoms with E-state index in [4.69, 9.17) is 14.6 Å². The van der Waals surface area contributed by atoms with Gasteiger partial charge in [0, 0.05) is 19.4 Å². The molecule has 0 saturated heterocycles. The standard InChI is InChI=1S/C33H62N2O6/c1-5-6-7-8-9-16-21-29-40-31(38)24-18-13-11-15-20-27-35(26-19-14-10-12-17-23-30(36)37)28-22-25-34-32(39)41-33(2,3)4/h16,21H,5-15,17-20,22-29H2,1-4H3,(H,34,39)(H,36,37). The fourth-order valence-electron chi connectivity index (χ4n) is 4.51. The summed E-state index contributed by atoms with van der Waals surface area (Å²) in [5, 5.41) is 11.6. The highest BCUT2D eigenvalue weighted by atomic mass is 16.6. The van der Waals surface area contributed by atoms with Crippen LogP contribution >= 0.6 is 0 Å². The largest absolute Gasteiger partial charge is 0.481 e. The molecule has 0 aromatic heterocycles. The third kappa shape index (κ3) is 30.7. The number of carbonyl (C=O) groups is 3. The van der Waals surface area contributed by atoms with E-state index in [1.165, 1.54) is 25.7 Å². The smallest absolute Gasteiger partial charge is 0.407 e. The van der Waals surface area contributed by atoms with Crippen LogP contribution in [0, 0.1) is 0 Å². The number of aliphatic carboxylic acids is 1. The normalized spacial score (nSPS) is 11.7. The van der Waals surface area contributed by atoms with Crippen molar-refractivity contribution in [3.8, 4) is 0 Å². The van der Waals surface area contributed by atoms with Gasteiger partial charge in [-0.25, -0.2) is 4.79 Å². The first-order valence-electron chi connectivity index (χ1n) is 16.4. The highest BCUT2D eigenvalue weighted by Gasteiger charge is 2.15. The second kappa shape index (κ2) is 26.8. The first kappa shape index (κ1) is 38.9. The number of unbranched alkanes of at least 4 members (excludes halogenated alkanes) is 12. The molecule has 0 atom stereocenters. The summed E-state index contributed by atoms with van der Waals surface area (Å²) in [4.78, 5) is 36.9. The van der Waals surface area contributed by atoms with E-state index < -0.39 is 11.6 Å². The van der Waals surface area contributed by atoms with Crippen LogP contribution in [-0.2, 0) is 19.1 Å². The summed E-state index contributed by atoms with van der Waals surface area (Å²) in [6.07, 6.45) is 21.7. The molecule has 0 radical (unpaired) electrons. The highest BCUT2D eigenvalue weighted by Crippen LogP contribution is 2.11. The molecule has 1 amide bonds. The number of rotatable bonds is 27. The molecule has 41 heavy (non-hydrogen) atoms. The van der Waals surface area contributed by atoms with Crippen LogP contribution in [0.1, 0.15) is 143 Å². The Hall–Kier alpha value is -2.09. The van der Waals surface area contributed by atoms with Gasteiger partial charge in [0.15, 0.2) is 0 Å². The molecule has 0 aromatic carbocycles. The number of amides is 1. The second-order valence-electron chi connectivity index (χ2n) is 12.1. The van der Waals surface area contributed by atoms with Crippen LogP contribution in [-0.4, -0.2) is 66.4 Å². The van der Waals surface area contributed by atoms with E-state index in [9.17, 15) is 14.4 Å². The number of allylic oxidation sites excluding steroid dienone is 1. The molecule has 0 fully saturated rings. The molecule has 0 unspecified atom stereocenters. The van der Waals surface area contributed by atoms with E-state index in [-0.39, 0.29) is 18.5 Å². The number of carboxylic acid groups (broad SMARTS) is 1. The van der Waals surface area contributed by atoms with Crippen LogP contribution in [0.5, 0.6) is 0 Å². The number of carboxylic acids is 1. The van der Waals surface area contributed by atoms with Crippen LogP contribution in [0.25, 0.3) is 0 Å². The van der Waals surface area contributed by atoms with E-state index in [0.717, 1.165) is 96.7 Å². The van der Waals surface area contributed by atoms with Crippen molar-refractivity contribution in [3.05, 3.63) is 12.2 Å². The van der Waals surface area contributed by atoms with Gasteiger partial charge in [-0.2, -0.15) is 0 Å². The number of carbonyl (C=O) groups excluding carboxylic acids is 2. The predicted molar refractivity (Wildman–Crippen MR) is 167 cm³/mol. The van der Waals surface area contributed by atoms with E-state index in [2.05, 4.69) is 23.2 Å². The van der Waals surface area contributed by atoms with E-state index in [0.29, 0.717) is 19.6 Å². The average Bonchev–Trinajstić information content (AvgIpc) is 2.89. The Morgan fingerprint density at radius 3 is 1.90 bits per heavy atom. The molecule has 0 aliphatic heterocycles. The number of nitrogens with zero attached hydrogens (tertiary/aromatic N) is 1. The van der Waals surface area contributed by atoms with E-state index in [1.54, 1.807) is 0 Å². The fraction of sp³-hybridized carbons (Fsp3) is 0.848. The third-order valence-electron chi connectivity index (χ3n) is 6.77. The van der Waals surface area contributed by atoms with Gasteiger partial charge in [0.05, 0.1) is 0 Å². The molecule has 0 heterocycles. The Balaban J connectivity index is 4.08. The number of hydrogen-bond acceptors (Lipinski definition) is 6. The lowest BCUT2D eigenvalue weighted by atomic mass is 10.1. The van der Waals surface area contributed by atoms with Crippen molar-refractivity contribution in [2.75, 3.05) is 32.8 Å². The van der Waals surface area contributed by atoms with Gasteiger partial charge in [-0.05, 0) is 85.4 Å². The van der Waals surface area contributed by atoms with Gasteiger partial charge < -0.3 is 24.8 Å². The van der Waals surface area contributed by atoms with Crippen molar-refractivity contribution in [1.29, 1.82) is 0 Å². The molecule has 8 heteroatoms. The summed E-state index contributed by atoms with van der Waals surface area (Å²) in [5.41, 5.74) is -0.495. The van der Waals surface area contributed by atoms with Gasteiger partial charge in [-0.15, -0.1) is 0 Å². The quantitative estimate of drug-likeness (QED) is 0.0573. The Bertz CT molecular complexity index is 690. The number of hydrogen-bond donors (Lipinski definition) is 2. The van der Waals surface area contributed by atoms with Crippen LogP contribution in [0.3, 0.4) is 0 Å². The predicted octanol–water partition coefficient (Wildman–Crippen LogP) is 8.04. The average molecular weight is 583 g/mol. The van der Waals surface area contributed by atoms with Gasteiger partial charge in [0.25, 0.3) is 0 Å². The second-order valence-corrected chi connectivity index (χ2v) is 12.1. The molecule has 0 saturated carbocycles. The maximum atomic E-state index is 11.9. The third-order valence-corrected chi connectivity index (χ3v) is 6.77. The summed E-state index contributed by atoms with van der Waals surface area (Å²) < 4.78 is 10.6. The van der Waals surface area contributed by atoms with E-state index in [1.807, 2.05) is 26.8 Å². The zero-order chi connectivity index (χ0) is 30.6. The minimum absolute atomic E-state index is 0.102. The SMILES string of the molecule is CCCCCCC=CCOC(=O)CCCCCCCN(CCCCCCCC(=O)O)CCCNC(=O)OC(C)(C)C. The Labute approximate surface area is 251 Å². The molecule has 2 N–H and O–H groups in total. The fourth-order valence-corrected chi connectivity index (χ4v) is 4.51.